The SMILES string of the molecule is Cc1cc(N)ccc1Sc1cccc2c1C(=O)c1c(Sc3ccc(N)cc3C)cccc1C2=O. The fourth-order valence-electron chi connectivity index (χ4n) is 4.16. The van der Waals surface area contributed by atoms with Crippen molar-refractivity contribution in [1.29, 1.82) is 0 Å². The highest BCUT2D eigenvalue weighted by Gasteiger charge is 2.34. The van der Waals surface area contributed by atoms with Gasteiger partial charge in [0.15, 0.2) is 11.6 Å². The summed E-state index contributed by atoms with van der Waals surface area (Å²) in [6.07, 6.45) is 0. The van der Waals surface area contributed by atoms with Gasteiger partial charge in [0.25, 0.3) is 0 Å². The van der Waals surface area contributed by atoms with Gasteiger partial charge in [-0.3, -0.25) is 9.59 Å². The van der Waals surface area contributed by atoms with Crippen LogP contribution in [-0.4, -0.2) is 11.6 Å². The summed E-state index contributed by atoms with van der Waals surface area (Å²) in [5, 5.41) is 0. The van der Waals surface area contributed by atoms with Gasteiger partial charge in [-0.05, 0) is 73.5 Å². The van der Waals surface area contributed by atoms with Crippen molar-refractivity contribution < 1.29 is 9.59 Å². The smallest absolute Gasteiger partial charge is 0.196 e. The number of nitrogens with two attached hydrogens (primary N) is 2. The standard InChI is InChI=1S/C28H22N2O2S2/c1-15-13-17(29)9-11-21(15)33-23-7-3-5-19-25(23)28(32)26-20(27(19)31)6-4-8-24(26)34-22-12-10-18(30)14-16(22)2/h3-14H,29-30H2,1-2H3. The molecule has 0 saturated heterocycles. The predicted octanol–water partition coefficient (Wildman–Crippen LogP) is 6.55. The number of anilines is 2. The van der Waals surface area contributed by atoms with Crippen molar-refractivity contribution in [3.8, 4) is 0 Å². The van der Waals surface area contributed by atoms with Crippen LogP contribution in [0.1, 0.15) is 43.0 Å². The van der Waals surface area contributed by atoms with E-state index in [2.05, 4.69) is 0 Å². The van der Waals surface area contributed by atoms with Crippen LogP contribution in [0, 0.1) is 13.8 Å². The lowest BCUT2D eigenvalue weighted by molar-refractivity contribution is 0.0974. The van der Waals surface area contributed by atoms with Crippen LogP contribution < -0.4 is 11.5 Å². The van der Waals surface area contributed by atoms with E-state index in [4.69, 9.17) is 11.5 Å². The first-order chi connectivity index (χ1) is 16.3. The Bertz CT molecular complexity index is 1390. The Balaban J connectivity index is 1.61. The van der Waals surface area contributed by atoms with Crippen molar-refractivity contribution in [2.24, 2.45) is 0 Å². The molecule has 6 heteroatoms. The first-order valence-corrected chi connectivity index (χ1v) is 12.4. The van der Waals surface area contributed by atoms with E-state index in [0.29, 0.717) is 33.6 Å². The number of ketones is 2. The Kier molecular flexibility index (Phi) is 5.71. The average Bonchev–Trinajstić information content (AvgIpc) is 2.81. The third-order valence-corrected chi connectivity index (χ3v) is 8.31. The average molecular weight is 483 g/mol. The molecule has 4 aromatic rings. The van der Waals surface area contributed by atoms with Crippen LogP contribution in [0.4, 0.5) is 11.4 Å². The molecule has 0 bridgehead atoms. The first-order valence-electron chi connectivity index (χ1n) is 10.8. The van der Waals surface area contributed by atoms with Crippen LogP contribution >= 0.6 is 23.5 Å². The molecule has 4 aromatic carbocycles. The van der Waals surface area contributed by atoms with Crippen LogP contribution in [0.15, 0.2) is 92.4 Å². The number of carbonyl (C=O) groups excluding carboxylic acids is 2. The van der Waals surface area contributed by atoms with E-state index in [-0.39, 0.29) is 11.6 Å². The van der Waals surface area contributed by atoms with Crippen LogP contribution in [-0.2, 0) is 0 Å². The molecule has 0 atom stereocenters. The lowest BCUT2D eigenvalue weighted by Crippen LogP contribution is -2.22. The zero-order valence-electron chi connectivity index (χ0n) is 18.7. The summed E-state index contributed by atoms with van der Waals surface area (Å²) in [5.41, 5.74) is 17.1. The summed E-state index contributed by atoms with van der Waals surface area (Å²) in [4.78, 5) is 30.9. The Morgan fingerprint density at radius 1 is 0.559 bits per heavy atom. The summed E-state index contributed by atoms with van der Waals surface area (Å²) in [6.45, 7) is 3.97. The number of aryl methyl sites for hydroxylation is 2. The minimum atomic E-state index is -0.128. The molecule has 1 aliphatic rings. The second-order valence-electron chi connectivity index (χ2n) is 8.27. The maximum Gasteiger partial charge on any atom is 0.196 e. The number of hydrogen-bond acceptors (Lipinski definition) is 6. The number of fused-ring (bicyclic) bond motifs is 2. The molecule has 4 nitrogen and oxygen atoms in total. The second-order valence-corrected chi connectivity index (χ2v) is 10.4. The van der Waals surface area contributed by atoms with Gasteiger partial charge < -0.3 is 11.5 Å². The summed E-state index contributed by atoms with van der Waals surface area (Å²) in [5.74, 6) is -0.255. The van der Waals surface area contributed by atoms with Crippen LogP contribution in [0.3, 0.4) is 0 Å². The van der Waals surface area contributed by atoms with Gasteiger partial charge in [-0.2, -0.15) is 0 Å². The molecule has 0 radical (unpaired) electrons. The van der Waals surface area contributed by atoms with Crippen LogP contribution in [0.25, 0.3) is 0 Å². The molecular formula is C28H22N2O2S2. The largest absolute Gasteiger partial charge is 0.399 e. The highest BCUT2D eigenvalue weighted by Crippen LogP contribution is 2.42. The molecule has 0 unspecified atom stereocenters. The molecule has 4 N–H and O–H groups in total. The van der Waals surface area contributed by atoms with E-state index < -0.39 is 0 Å². The molecule has 0 spiro atoms. The van der Waals surface area contributed by atoms with Gasteiger partial charge in [0.2, 0.25) is 0 Å². The van der Waals surface area contributed by atoms with E-state index in [1.54, 1.807) is 12.1 Å². The zero-order chi connectivity index (χ0) is 24.0. The van der Waals surface area contributed by atoms with Crippen molar-refractivity contribution in [2.45, 2.75) is 33.4 Å². The van der Waals surface area contributed by atoms with E-state index in [1.807, 2.05) is 74.5 Å². The minimum absolute atomic E-state index is 0.127. The molecule has 0 heterocycles. The van der Waals surface area contributed by atoms with Gasteiger partial charge in [-0.15, -0.1) is 0 Å². The molecular weight excluding hydrogens is 460 g/mol. The van der Waals surface area contributed by atoms with Crippen molar-refractivity contribution in [3.05, 3.63) is 106 Å². The van der Waals surface area contributed by atoms with Crippen molar-refractivity contribution in [2.75, 3.05) is 11.5 Å². The number of carbonyl (C=O) groups is 2. The maximum atomic E-state index is 13.9. The molecule has 5 rings (SSSR count). The van der Waals surface area contributed by atoms with Gasteiger partial charge in [-0.1, -0.05) is 47.8 Å². The summed E-state index contributed by atoms with van der Waals surface area (Å²) >= 11 is 2.97. The normalized spacial score (nSPS) is 12.4. The predicted molar refractivity (Wildman–Crippen MR) is 139 cm³/mol. The van der Waals surface area contributed by atoms with Crippen LogP contribution in [0.2, 0.25) is 0 Å². The Hall–Kier alpha value is -3.48. The Labute approximate surface area is 206 Å². The van der Waals surface area contributed by atoms with E-state index in [0.717, 1.165) is 30.7 Å². The molecule has 34 heavy (non-hydrogen) atoms. The third-order valence-electron chi connectivity index (χ3n) is 5.83. The van der Waals surface area contributed by atoms with Crippen molar-refractivity contribution in [3.63, 3.8) is 0 Å². The number of benzene rings is 4. The van der Waals surface area contributed by atoms with Crippen molar-refractivity contribution >= 4 is 46.5 Å². The van der Waals surface area contributed by atoms with E-state index >= 15 is 0 Å². The molecule has 0 saturated carbocycles. The lowest BCUT2D eigenvalue weighted by Gasteiger charge is -2.22. The summed E-state index contributed by atoms with van der Waals surface area (Å²) < 4.78 is 0. The Morgan fingerprint density at radius 2 is 1.00 bits per heavy atom. The highest BCUT2D eigenvalue weighted by atomic mass is 32.2. The molecule has 1 aliphatic carbocycles. The fraction of sp³-hybridized carbons (Fsp3) is 0.0714. The summed E-state index contributed by atoms with van der Waals surface area (Å²) in [6, 6.07) is 22.3. The highest BCUT2D eigenvalue weighted by molar-refractivity contribution is 7.99. The van der Waals surface area contributed by atoms with E-state index in [9.17, 15) is 9.59 Å². The molecule has 0 fully saturated rings. The van der Waals surface area contributed by atoms with Gasteiger partial charge in [0.1, 0.15) is 0 Å². The van der Waals surface area contributed by atoms with Gasteiger partial charge in [0, 0.05) is 53.2 Å². The molecule has 168 valence electrons. The maximum absolute atomic E-state index is 13.9. The zero-order valence-corrected chi connectivity index (χ0v) is 20.3. The topological polar surface area (TPSA) is 86.2 Å². The number of hydrogen-bond donors (Lipinski definition) is 2. The second kappa shape index (κ2) is 8.70. The number of nitrogen functional groups attached to an aromatic ring is 2. The third kappa shape index (κ3) is 3.89. The minimum Gasteiger partial charge on any atom is -0.399 e. The molecule has 0 aliphatic heterocycles. The van der Waals surface area contributed by atoms with Gasteiger partial charge in [0.05, 0.1) is 0 Å². The quantitative estimate of drug-likeness (QED) is 0.283. The first kappa shape index (κ1) is 22.3. The number of rotatable bonds is 4. The van der Waals surface area contributed by atoms with Gasteiger partial charge in [-0.25, -0.2) is 0 Å². The Morgan fingerprint density at radius 3 is 1.41 bits per heavy atom. The van der Waals surface area contributed by atoms with Gasteiger partial charge >= 0.3 is 0 Å². The molecule has 0 aromatic heterocycles. The summed E-state index contributed by atoms with van der Waals surface area (Å²) in [7, 11) is 0. The van der Waals surface area contributed by atoms with Crippen molar-refractivity contribution in [1.82, 2.24) is 0 Å². The monoisotopic (exact) mass is 482 g/mol. The van der Waals surface area contributed by atoms with Crippen LogP contribution in [0.5, 0.6) is 0 Å². The molecule has 0 amide bonds. The van der Waals surface area contributed by atoms with E-state index in [1.165, 1.54) is 23.5 Å². The lowest BCUT2D eigenvalue weighted by atomic mass is 9.84. The fourth-order valence-corrected chi connectivity index (χ4v) is 6.25.